The topological polar surface area (TPSA) is 77.0 Å². The van der Waals surface area contributed by atoms with Crippen molar-refractivity contribution in [2.45, 2.75) is 13.3 Å². The van der Waals surface area contributed by atoms with Gasteiger partial charge in [-0.25, -0.2) is 13.6 Å². The number of Topliss-reactive ketones (excluding diaryl/α,β-unsaturated/α-hetero) is 1. The summed E-state index contributed by atoms with van der Waals surface area (Å²) < 4.78 is 72.6. The zero-order valence-corrected chi connectivity index (χ0v) is 14.7. The monoisotopic (exact) mass is 416 g/mol. The van der Waals surface area contributed by atoms with E-state index in [4.69, 9.17) is 0 Å². The van der Waals surface area contributed by atoms with Crippen LogP contribution in [0.15, 0.2) is 47.6 Å². The summed E-state index contributed by atoms with van der Waals surface area (Å²) in [6, 6.07) is 6.81. The van der Waals surface area contributed by atoms with E-state index < -0.39 is 46.8 Å². The number of rotatable bonds is 7. The number of ketones is 1. The molecule has 2 aromatic carbocycles. The Kier molecular flexibility index (Phi) is 6.86. The molecule has 11 heteroatoms. The third-order valence-electron chi connectivity index (χ3n) is 3.26. The number of halogens is 5. The van der Waals surface area contributed by atoms with Gasteiger partial charge in [0.15, 0.2) is 0 Å². The van der Waals surface area contributed by atoms with Crippen molar-refractivity contribution >= 4 is 23.2 Å². The number of hydrogen-bond acceptors (Lipinski definition) is 6. The van der Waals surface area contributed by atoms with Gasteiger partial charge >= 0.3 is 12.3 Å². The second-order valence-electron chi connectivity index (χ2n) is 5.29. The van der Waals surface area contributed by atoms with E-state index in [0.717, 1.165) is 42.5 Å². The molecule has 0 radical (unpaired) electrons. The van der Waals surface area contributed by atoms with E-state index in [1.54, 1.807) is 0 Å². The van der Waals surface area contributed by atoms with Crippen molar-refractivity contribution in [2.75, 3.05) is 12.0 Å². The molecule has 0 aromatic heterocycles. The number of anilines is 1. The number of hydrazone groups is 1. The maximum Gasteiger partial charge on any atom is 0.573 e. The Morgan fingerprint density at radius 3 is 2.14 bits per heavy atom. The van der Waals surface area contributed by atoms with Crippen molar-refractivity contribution in [3.05, 3.63) is 59.7 Å². The summed E-state index contributed by atoms with van der Waals surface area (Å²) in [6.07, 6.45) is -4.87. The largest absolute Gasteiger partial charge is 0.573 e. The highest BCUT2D eigenvalue weighted by Crippen LogP contribution is 2.24. The zero-order valence-electron chi connectivity index (χ0n) is 14.7. The molecule has 6 nitrogen and oxygen atoms in total. The molecular weight excluding hydrogens is 403 g/mol. The van der Waals surface area contributed by atoms with Crippen molar-refractivity contribution in [1.29, 1.82) is 0 Å². The molecule has 0 aliphatic heterocycles. The van der Waals surface area contributed by atoms with E-state index >= 15 is 0 Å². The van der Waals surface area contributed by atoms with E-state index in [1.807, 2.05) is 0 Å². The van der Waals surface area contributed by atoms with Crippen LogP contribution < -0.4 is 10.2 Å². The lowest BCUT2D eigenvalue weighted by molar-refractivity contribution is -0.274. The molecule has 0 spiro atoms. The Morgan fingerprint density at radius 2 is 1.62 bits per heavy atom. The number of benzene rings is 2. The minimum Gasteiger partial charge on any atom is -0.461 e. The maximum absolute atomic E-state index is 13.9. The van der Waals surface area contributed by atoms with Crippen molar-refractivity contribution < 1.29 is 41.0 Å². The SMILES string of the molecule is CCOC(=O)/C(=N\Nc1ccc(OC(F)(F)F)cc1)C(=O)c1c(F)cccc1F. The Hall–Kier alpha value is -3.50. The summed E-state index contributed by atoms with van der Waals surface area (Å²) in [4.78, 5) is 24.4. The van der Waals surface area contributed by atoms with Crippen LogP contribution in [-0.4, -0.2) is 30.4 Å². The van der Waals surface area contributed by atoms with Crippen LogP contribution >= 0.6 is 0 Å². The highest BCUT2D eigenvalue weighted by molar-refractivity contribution is 6.67. The highest BCUT2D eigenvalue weighted by Gasteiger charge is 2.31. The first-order valence-corrected chi connectivity index (χ1v) is 7.97. The molecular formula is C18H13F5N2O4. The summed E-state index contributed by atoms with van der Waals surface area (Å²) in [5.41, 5.74) is 0.350. The van der Waals surface area contributed by atoms with Gasteiger partial charge in [0.1, 0.15) is 17.4 Å². The first-order valence-electron chi connectivity index (χ1n) is 7.97. The molecule has 2 aromatic rings. The number of nitrogens with one attached hydrogen (secondary N) is 1. The van der Waals surface area contributed by atoms with Gasteiger partial charge in [-0.1, -0.05) is 6.07 Å². The van der Waals surface area contributed by atoms with Crippen LogP contribution in [0.2, 0.25) is 0 Å². The fourth-order valence-electron chi connectivity index (χ4n) is 2.07. The zero-order chi connectivity index (χ0) is 21.6. The number of nitrogens with zero attached hydrogens (tertiary/aromatic N) is 1. The fraction of sp³-hybridized carbons (Fsp3) is 0.167. The van der Waals surface area contributed by atoms with Gasteiger partial charge in [0.05, 0.1) is 17.9 Å². The normalized spacial score (nSPS) is 11.7. The lowest BCUT2D eigenvalue weighted by Gasteiger charge is -2.10. The van der Waals surface area contributed by atoms with E-state index in [0.29, 0.717) is 0 Å². The van der Waals surface area contributed by atoms with Gasteiger partial charge in [-0.3, -0.25) is 10.2 Å². The molecule has 0 bridgehead atoms. The third-order valence-corrected chi connectivity index (χ3v) is 3.26. The number of esters is 1. The predicted octanol–water partition coefficient (Wildman–Crippen LogP) is 4.08. The van der Waals surface area contributed by atoms with Gasteiger partial charge in [0.2, 0.25) is 11.5 Å². The van der Waals surface area contributed by atoms with E-state index in [-0.39, 0.29) is 12.3 Å². The summed E-state index contributed by atoms with van der Waals surface area (Å²) in [5, 5.41) is 3.52. The molecule has 29 heavy (non-hydrogen) atoms. The standard InChI is InChI=1S/C18H13F5N2O4/c1-2-28-17(27)15(16(26)14-12(19)4-3-5-13(14)20)25-24-10-6-8-11(9-7-10)29-18(21,22)23/h3-9,24H,2H2,1H3/b25-15-. The first-order chi connectivity index (χ1) is 13.6. The molecule has 0 aliphatic rings. The molecule has 154 valence electrons. The van der Waals surface area contributed by atoms with Crippen LogP contribution in [0.5, 0.6) is 5.75 Å². The molecule has 0 saturated carbocycles. The van der Waals surface area contributed by atoms with Gasteiger partial charge in [-0.15, -0.1) is 13.2 Å². The van der Waals surface area contributed by atoms with E-state index in [9.17, 15) is 31.5 Å². The Labute approximate surface area is 160 Å². The second kappa shape index (κ2) is 9.13. The van der Waals surface area contributed by atoms with Crippen molar-refractivity contribution in [1.82, 2.24) is 0 Å². The molecule has 0 unspecified atom stereocenters. The highest BCUT2D eigenvalue weighted by atomic mass is 19.4. The van der Waals surface area contributed by atoms with Crippen LogP contribution in [0.1, 0.15) is 17.3 Å². The van der Waals surface area contributed by atoms with Gasteiger partial charge in [-0.05, 0) is 43.3 Å². The van der Waals surface area contributed by atoms with Crippen LogP contribution in [0.4, 0.5) is 27.6 Å². The smallest absolute Gasteiger partial charge is 0.461 e. The third kappa shape index (κ3) is 5.99. The van der Waals surface area contributed by atoms with E-state index in [1.165, 1.54) is 6.92 Å². The quantitative estimate of drug-likeness (QED) is 0.184. The second-order valence-corrected chi connectivity index (χ2v) is 5.29. The molecule has 0 atom stereocenters. The minimum atomic E-state index is -4.87. The number of alkyl halides is 3. The number of carbonyl (C=O) groups excluding carboxylic acids is 2. The van der Waals surface area contributed by atoms with Gasteiger partial charge in [0, 0.05) is 0 Å². The Bertz CT molecular complexity index is 907. The van der Waals surface area contributed by atoms with Gasteiger partial charge in [0.25, 0.3) is 0 Å². The maximum atomic E-state index is 13.9. The summed E-state index contributed by atoms with van der Waals surface area (Å²) >= 11 is 0. The first kappa shape index (κ1) is 21.8. The lowest BCUT2D eigenvalue weighted by Crippen LogP contribution is -2.29. The minimum absolute atomic E-state index is 0.0585. The van der Waals surface area contributed by atoms with Crippen LogP contribution in [0, 0.1) is 11.6 Å². The molecule has 0 aliphatic carbocycles. The molecule has 0 saturated heterocycles. The van der Waals surface area contributed by atoms with Crippen LogP contribution in [0.3, 0.4) is 0 Å². The molecule has 0 amide bonds. The summed E-state index contributed by atoms with van der Waals surface area (Å²) in [7, 11) is 0. The average Bonchev–Trinajstić information content (AvgIpc) is 2.62. The molecule has 2 rings (SSSR count). The van der Waals surface area contributed by atoms with E-state index in [2.05, 4.69) is 20.0 Å². The molecule has 0 heterocycles. The average molecular weight is 416 g/mol. The van der Waals surface area contributed by atoms with Crippen molar-refractivity contribution in [3.8, 4) is 5.75 Å². The lowest BCUT2D eigenvalue weighted by atomic mass is 10.1. The summed E-state index contributed by atoms with van der Waals surface area (Å²) in [5.74, 6) is -5.54. The Morgan fingerprint density at radius 1 is 1.03 bits per heavy atom. The molecule has 1 N–H and O–H groups in total. The van der Waals surface area contributed by atoms with Crippen molar-refractivity contribution in [3.63, 3.8) is 0 Å². The van der Waals surface area contributed by atoms with Crippen LogP contribution in [0.25, 0.3) is 0 Å². The van der Waals surface area contributed by atoms with Crippen LogP contribution in [-0.2, 0) is 9.53 Å². The van der Waals surface area contributed by atoms with Crippen molar-refractivity contribution in [2.24, 2.45) is 5.10 Å². The number of carbonyl (C=O) groups is 2. The predicted molar refractivity (Wildman–Crippen MR) is 91.5 cm³/mol. The Balaban J connectivity index is 2.29. The number of hydrogen-bond donors (Lipinski definition) is 1. The molecule has 0 fully saturated rings. The van der Waals surface area contributed by atoms with Gasteiger partial charge < -0.3 is 9.47 Å². The fourth-order valence-corrected chi connectivity index (χ4v) is 2.07. The van der Waals surface area contributed by atoms with Gasteiger partial charge in [-0.2, -0.15) is 5.10 Å². The summed E-state index contributed by atoms with van der Waals surface area (Å²) in [6.45, 7) is 1.30. The number of ether oxygens (including phenoxy) is 2.